The molecular weight excluding hydrogens is 259 g/mol. The van der Waals surface area contributed by atoms with Gasteiger partial charge < -0.3 is 10.6 Å². The number of benzene rings is 1. The number of carbonyl (C=O) groups is 2. The molecule has 5 heteroatoms. The van der Waals surface area contributed by atoms with Crippen molar-refractivity contribution in [1.29, 1.82) is 0 Å². The van der Waals surface area contributed by atoms with Crippen LogP contribution in [0.3, 0.4) is 0 Å². The normalized spacial score (nSPS) is 14.4. The molecule has 108 valence electrons. The summed E-state index contributed by atoms with van der Waals surface area (Å²) < 4.78 is 12.9. The van der Waals surface area contributed by atoms with Gasteiger partial charge in [-0.2, -0.15) is 0 Å². The van der Waals surface area contributed by atoms with E-state index < -0.39 is 5.82 Å². The van der Waals surface area contributed by atoms with Gasteiger partial charge in [-0.1, -0.05) is 12.5 Å². The zero-order valence-corrected chi connectivity index (χ0v) is 11.3. The van der Waals surface area contributed by atoms with Crippen molar-refractivity contribution in [2.45, 2.75) is 25.7 Å². The van der Waals surface area contributed by atoms with Crippen molar-refractivity contribution in [2.24, 2.45) is 5.92 Å². The average Bonchev–Trinajstić information content (AvgIpc) is 2.36. The molecule has 0 aromatic heterocycles. The van der Waals surface area contributed by atoms with Crippen LogP contribution in [-0.4, -0.2) is 24.9 Å². The summed E-state index contributed by atoms with van der Waals surface area (Å²) in [4.78, 5) is 23.2. The summed E-state index contributed by atoms with van der Waals surface area (Å²) >= 11 is 0. The number of rotatable bonds is 6. The van der Waals surface area contributed by atoms with Crippen LogP contribution in [0.2, 0.25) is 0 Å². The van der Waals surface area contributed by atoms with Crippen molar-refractivity contribution in [3.63, 3.8) is 0 Å². The minimum atomic E-state index is -0.426. The summed E-state index contributed by atoms with van der Waals surface area (Å²) in [7, 11) is 0. The molecule has 1 aliphatic carbocycles. The zero-order valence-electron chi connectivity index (χ0n) is 11.3. The number of carbonyl (C=O) groups excluding carboxylic acids is 2. The fraction of sp³-hybridized carbons (Fsp3) is 0.467. The van der Waals surface area contributed by atoms with E-state index in [1.165, 1.54) is 18.2 Å². The topological polar surface area (TPSA) is 58.2 Å². The van der Waals surface area contributed by atoms with Crippen LogP contribution in [0.5, 0.6) is 0 Å². The minimum Gasteiger partial charge on any atom is -0.356 e. The van der Waals surface area contributed by atoms with Gasteiger partial charge >= 0.3 is 0 Å². The molecule has 0 radical (unpaired) electrons. The molecule has 1 aromatic carbocycles. The van der Waals surface area contributed by atoms with Crippen LogP contribution in [0.25, 0.3) is 0 Å². The third-order valence-corrected chi connectivity index (χ3v) is 3.50. The van der Waals surface area contributed by atoms with Crippen molar-refractivity contribution >= 4 is 11.8 Å². The molecule has 2 N–H and O–H groups in total. The number of nitrogens with one attached hydrogen (secondary N) is 2. The van der Waals surface area contributed by atoms with E-state index >= 15 is 0 Å². The number of hydrogen-bond donors (Lipinski definition) is 2. The van der Waals surface area contributed by atoms with Gasteiger partial charge in [-0.25, -0.2) is 4.39 Å². The Kier molecular flexibility index (Phi) is 5.09. The van der Waals surface area contributed by atoms with E-state index in [1.807, 2.05) is 0 Å². The van der Waals surface area contributed by atoms with Gasteiger partial charge in [0.15, 0.2) is 0 Å². The third kappa shape index (κ3) is 4.05. The monoisotopic (exact) mass is 278 g/mol. The van der Waals surface area contributed by atoms with Gasteiger partial charge in [0.2, 0.25) is 5.91 Å². The van der Waals surface area contributed by atoms with E-state index in [0.717, 1.165) is 19.3 Å². The van der Waals surface area contributed by atoms with Gasteiger partial charge in [-0.3, -0.25) is 9.59 Å². The highest BCUT2D eigenvalue weighted by Crippen LogP contribution is 2.25. The van der Waals surface area contributed by atoms with Crippen molar-refractivity contribution in [3.05, 3.63) is 35.6 Å². The largest absolute Gasteiger partial charge is 0.356 e. The fourth-order valence-corrected chi connectivity index (χ4v) is 2.05. The molecular formula is C15H19FN2O2. The quantitative estimate of drug-likeness (QED) is 0.780. The lowest BCUT2D eigenvalue weighted by Crippen LogP contribution is -2.36. The molecule has 1 aliphatic rings. The maximum Gasteiger partial charge on any atom is 0.251 e. The highest BCUT2D eigenvalue weighted by Gasteiger charge is 2.24. The second kappa shape index (κ2) is 7.03. The molecule has 0 heterocycles. The molecule has 20 heavy (non-hydrogen) atoms. The van der Waals surface area contributed by atoms with E-state index in [2.05, 4.69) is 10.6 Å². The Labute approximate surface area is 117 Å². The molecule has 2 rings (SSSR count). The number of halogens is 1. The Morgan fingerprint density at radius 1 is 1.20 bits per heavy atom. The maximum atomic E-state index is 12.9. The smallest absolute Gasteiger partial charge is 0.251 e. The van der Waals surface area contributed by atoms with Crippen LogP contribution in [-0.2, 0) is 4.79 Å². The second-order valence-corrected chi connectivity index (χ2v) is 5.04. The molecule has 2 amide bonds. The molecule has 1 fully saturated rings. The van der Waals surface area contributed by atoms with Crippen LogP contribution in [0.4, 0.5) is 4.39 Å². The molecule has 0 unspecified atom stereocenters. The van der Waals surface area contributed by atoms with Gasteiger partial charge in [0.1, 0.15) is 5.82 Å². The third-order valence-electron chi connectivity index (χ3n) is 3.50. The van der Waals surface area contributed by atoms with Crippen molar-refractivity contribution in [3.8, 4) is 0 Å². The molecule has 1 saturated carbocycles. The van der Waals surface area contributed by atoms with Crippen LogP contribution < -0.4 is 10.6 Å². The Morgan fingerprint density at radius 2 is 1.95 bits per heavy atom. The Bertz CT molecular complexity index is 487. The Hall–Kier alpha value is -1.91. The lowest BCUT2D eigenvalue weighted by atomic mass is 9.85. The standard InChI is InChI=1S/C15H19FN2O2/c16-13-7-2-6-12(10-13)15(20)18-9-3-8-17-14(19)11-4-1-5-11/h2,6-7,10-11H,1,3-5,8-9H2,(H,17,19)(H,18,20). The predicted molar refractivity (Wildman–Crippen MR) is 73.7 cm³/mol. The van der Waals surface area contributed by atoms with Crippen LogP contribution in [0.15, 0.2) is 24.3 Å². The number of hydrogen-bond acceptors (Lipinski definition) is 2. The highest BCUT2D eigenvalue weighted by atomic mass is 19.1. The Balaban J connectivity index is 1.61. The van der Waals surface area contributed by atoms with Crippen LogP contribution in [0.1, 0.15) is 36.0 Å². The van der Waals surface area contributed by atoms with E-state index in [1.54, 1.807) is 6.07 Å². The second-order valence-electron chi connectivity index (χ2n) is 5.04. The van der Waals surface area contributed by atoms with Crippen molar-refractivity contribution in [2.75, 3.05) is 13.1 Å². The SMILES string of the molecule is O=C(NCCCNC(=O)C1CCC1)c1cccc(F)c1. The molecule has 0 bridgehead atoms. The first-order chi connectivity index (χ1) is 9.66. The molecule has 1 aromatic rings. The van der Waals surface area contributed by atoms with Gasteiger partial charge in [0.05, 0.1) is 0 Å². The summed E-state index contributed by atoms with van der Waals surface area (Å²) in [6.07, 6.45) is 3.78. The number of amides is 2. The summed E-state index contributed by atoms with van der Waals surface area (Å²) in [6, 6.07) is 5.57. The van der Waals surface area contributed by atoms with E-state index in [9.17, 15) is 14.0 Å². The fourth-order valence-electron chi connectivity index (χ4n) is 2.05. The predicted octanol–water partition coefficient (Wildman–Crippen LogP) is 1.86. The minimum absolute atomic E-state index is 0.118. The first-order valence-electron chi connectivity index (χ1n) is 6.98. The van der Waals surface area contributed by atoms with E-state index in [4.69, 9.17) is 0 Å². The lowest BCUT2D eigenvalue weighted by molar-refractivity contribution is -0.127. The summed E-state index contributed by atoms with van der Waals surface area (Å²) in [5, 5.41) is 5.56. The summed E-state index contributed by atoms with van der Waals surface area (Å²) in [6.45, 7) is 1.01. The van der Waals surface area contributed by atoms with Crippen LogP contribution >= 0.6 is 0 Å². The van der Waals surface area contributed by atoms with E-state index in [-0.39, 0.29) is 17.7 Å². The molecule has 0 saturated heterocycles. The molecule has 4 nitrogen and oxygen atoms in total. The van der Waals surface area contributed by atoms with Gasteiger partial charge in [0.25, 0.3) is 5.91 Å². The van der Waals surface area contributed by atoms with Crippen molar-refractivity contribution < 1.29 is 14.0 Å². The van der Waals surface area contributed by atoms with E-state index in [0.29, 0.717) is 25.1 Å². The Morgan fingerprint density at radius 3 is 2.60 bits per heavy atom. The van der Waals surface area contributed by atoms with Gasteiger partial charge in [0, 0.05) is 24.6 Å². The first-order valence-corrected chi connectivity index (χ1v) is 6.98. The molecule has 0 atom stereocenters. The van der Waals surface area contributed by atoms with Gasteiger partial charge in [-0.15, -0.1) is 0 Å². The van der Waals surface area contributed by atoms with Gasteiger partial charge in [-0.05, 0) is 37.5 Å². The maximum absolute atomic E-state index is 12.9. The molecule has 0 spiro atoms. The summed E-state index contributed by atoms with van der Waals surface area (Å²) in [5.74, 6) is -0.412. The first kappa shape index (κ1) is 14.5. The zero-order chi connectivity index (χ0) is 14.4. The van der Waals surface area contributed by atoms with Crippen LogP contribution in [0, 0.1) is 11.7 Å². The van der Waals surface area contributed by atoms with Crippen molar-refractivity contribution in [1.82, 2.24) is 10.6 Å². The lowest BCUT2D eigenvalue weighted by Gasteiger charge is -2.23. The average molecular weight is 278 g/mol. The molecule has 0 aliphatic heterocycles. The highest BCUT2D eigenvalue weighted by molar-refractivity contribution is 5.94. The summed E-state index contributed by atoms with van der Waals surface area (Å²) in [5.41, 5.74) is 0.309.